The standard InChI is InChI=1S/C12H14Br2N2/c13-10-6-11(14)12(16-8-10)15-7-9-4-2-1-3-5-9/h1-2,6,8-9H,3-5,7H2,(H,15,16). The first kappa shape index (κ1) is 12.1. The third-order valence-corrected chi connectivity index (χ3v) is 3.78. The lowest BCUT2D eigenvalue weighted by atomic mass is 9.94. The van der Waals surface area contributed by atoms with Gasteiger partial charge in [0.25, 0.3) is 0 Å². The van der Waals surface area contributed by atoms with Gasteiger partial charge < -0.3 is 5.32 Å². The Morgan fingerprint density at radius 1 is 1.38 bits per heavy atom. The van der Waals surface area contributed by atoms with Gasteiger partial charge in [-0.2, -0.15) is 0 Å². The smallest absolute Gasteiger partial charge is 0.140 e. The fourth-order valence-corrected chi connectivity index (χ4v) is 2.96. The van der Waals surface area contributed by atoms with E-state index >= 15 is 0 Å². The van der Waals surface area contributed by atoms with Gasteiger partial charge in [-0.3, -0.25) is 0 Å². The number of anilines is 1. The molecule has 0 aliphatic heterocycles. The van der Waals surface area contributed by atoms with Crippen LogP contribution in [0, 0.1) is 5.92 Å². The van der Waals surface area contributed by atoms with Gasteiger partial charge >= 0.3 is 0 Å². The molecule has 1 heterocycles. The van der Waals surface area contributed by atoms with E-state index in [9.17, 15) is 0 Å². The third-order valence-electron chi connectivity index (χ3n) is 2.74. The molecule has 4 heteroatoms. The van der Waals surface area contributed by atoms with Crippen molar-refractivity contribution in [3.8, 4) is 0 Å². The van der Waals surface area contributed by atoms with Crippen LogP contribution < -0.4 is 5.32 Å². The molecule has 0 spiro atoms. The lowest BCUT2D eigenvalue weighted by Crippen LogP contribution is -2.16. The Hall–Kier alpha value is -0.350. The van der Waals surface area contributed by atoms with Crippen LogP contribution in [-0.4, -0.2) is 11.5 Å². The molecule has 86 valence electrons. The van der Waals surface area contributed by atoms with Crippen LogP contribution in [0.4, 0.5) is 5.82 Å². The maximum absolute atomic E-state index is 4.34. The Morgan fingerprint density at radius 3 is 2.94 bits per heavy atom. The average molecular weight is 346 g/mol. The number of nitrogens with zero attached hydrogens (tertiary/aromatic N) is 1. The summed E-state index contributed by atoms with van der Waals surface area (Å²) in [6.07, 6.45) is 10.0. The van der Waals surface area contributed by atoms with Gasteiger partial charge in [0.1, 0.15) is 5.82 Å². The Bertz CT molecular complexity index is 391. The van der Waals surface area contributed by atoms with Crippen molar-refractivity contribution in [2.75, 3.05) is 11.9 Å². The van der Waals surface area contributed by atoms with Crippen LogP contribution in [0.15, 0.2) is 33.4 Å². The van der Waals surface area contributed by atoms with Crippen molar-refractivity contribution in [3.05, 3.63) is 33.4 Å². The van der Waals surface area contributed by atoms with Crippen molar-refractivity contribution >= 4 is 37.7 Å². The molecule has 1 aromatic heterocycles. The topological polar surface area (TPSA) is 24.9 Å². The van der Waals surface area contributed by atoms with Crippen molar-refractivity contribution in [1.82, 2.24) is 4.98 Å². The zero-order valence-electron chi connectivity index (χ0n) is 8.92. The fourth-order valence-electron chi connectivity index (χ4n) is 1.83. The van der Waals surface area contributed by atoms with E-state index in [1.807, 2.05) is 12.3 Å². The van der Waals surface area contributed by atoms with Crippen LogP contribution in [0.3, 0.4) is 0 Å². The Balaban J connectivity index is 1.91. The van der Waals surface area contributed by atoms with Gasteiger partial charge in [-0.15, -0.1) is 0 Å². The summed E-state index contributed by atoms with van der Waals surface area (Å²) in [6.45, 7) is 0.998. The van der Waals surface area contributed by atoms with Crippen molar-refractivity contribution < 1.29 is 0 Å². The number of rotatable bonds is 3. The molecule has 1 aromatic rings. The van der Waals surface area contributed by atoms with Crippen molar-refractivity contribution in [2.45, 2.75) is 19.3 Å². The molecule has 16 heavy (non-hydrogen) atoms. The quantitative estimate of drug-likeness (QED) is 0.822. The first-order valence-corrected chi connectivity index (χ1v) is 7.04. The first-order chi connectivity index (χ1) is 7.75. The number of nitrogens with one attached hydrogen (secondary N) is 1. The summed E-state index contributed by atoms with van der Waals surface area (Å²) >= 11 is 6.90. The predicted octanol–water partition coefficient (Wildman–Crippen LogP) is 4.37. The highest BCUT2D eigenvalue weighted by molar-refractivity contribution is 9.11. The molecule has 0 radical (unpaired) electrons. The van der Waals surface area contributed by atoms with Crippen LogP contribution in [0.5, 0.6) is 0 Å². The summed E-state index contributed by atoms with van der Waals surface area (Å²) in [5.41, 5.74) is 0. The van der Waals surface area contributed by atoms with E-state index in [2.05, 4.69) is 54.3 Å². The van der Waals surface area contributed by atoms with Gasteiger partial charge in [-0.1, -0.05) is 12.2 Å². The van der Waals surface area contributed by atoms with Gasteiger partial charge in [0, 0.05) is 17.2 Å². The second kappa shape index (κ2) is 5.82. The number of hydrogen-bond donors (Lipinski definition) is 1. The minimum atomic E-state index is 0.738. The second-order valence-electron chi connectivity index (χ2n) is 4.02. The Morgan fingerprint density at radius 2 is 2.25 bits per heavy atom. The molecule has 1 aliphatic carbocycles. The molecular weight excluding hydrogens is 332 g/mol. The van der Waals surface area contributed by atoms with Gasteiger partial charge in [0.2, 0.25) is 0 Å². The SMILES string of the molecule is Brc1cnc(NCC2CC=CCC2)c(Br)c1. The Labute approximate surface area is 113 Å². The minimum absolute atomic E-state index is 0.738. The van der Waals surface area contributed by atoms with Crippen molar-refractivity contribution in [2.24, 2.45) is 5.92 Å². The second-order valence-corrected chi connectivity index (χ2v) is 5.79. The molecule has 0 saturated heterocycles. The van der Waals surface area contributed by atoms with E-state index in [0.717, 1.165) is 27.2 Å². The molecule has 1 aliphatic rings. The van der Waals surface area contributed by atoms with Crippen molar-refractivity contribution in [3.63, 3.8) is 0 Å². The summed E-state index contributed by atoms with van der Waals surface area (Å²) in [4.78, 5) is 4.34. The zero-order chi connectivity index (χ0) is 11.4. The summed E-state index contributed by atoms with van der Waals surface area (Å²) in [7, 11) is 0. The van der Waals surface area contributed by atoms with E-state index < -0.39 is 0 Å². The summed E-state index contributed by atoms with van der Waals surface area (Å²) < 4.78 is 2.00. The maximum atomic E-state index is 4.34. The van der Waals surface area contributed by atoms with Crippen LogP contribution >= 0.6 is 31.9 Å². The monoisotopic (exact) mass is 344 g/mol. The average Bonchev–Trinajstić information content (AvgIpc) is 2.29. The van der Waals surface area contributed by atoms with Crippen LogP contribution in [0.25, 0.3) is 0 Å². The number of aromatic nitrogens is 1. The van der Waals surface area contributed by atoms with Crippen LogP contribution in [0.2, 0.25) is 0 Å². The minimum Gasteiger partial charge on any atom is -0.369 e. The fraction of sp³-hybridized carbons (Fsp3) is 0.417. The highest BCUT2D eigenvalue weighted by Crippen LogP contribution is 2.25. The van der Waals surface area contributed by atoms with Crippen LogP contribution in [-0.2, 0) is 0 Å². The molecular formula is C12H14Br2N2. The van der Waals surface area contributed by atoms with Gasteiger partial charge in [-0.05, 0) is 63.1 Å². The molecule has 0 amide bonds. The number of pyridine rings is 1. The van der Waals surface area contributed by atoms with E-state index in [4.69, 9.17) is 0 Å². The van der Waals surface area contributed by atoms with Gasteiger partial charge in [0.15, 0.2) is 0 Å². The summed E-state index contributed by atoms with van der Waals surface area (Å²) in [6, 6.07) is 2.01. The first-order valence-electron chi connectivity index (χ1n) is 5.45. The molecule has 0 aromatic carbocycles. The van der Waals surface area contributed by atoms with E-state index in [1.165, 1.54) is 19.3 Å². The highest BCUT2D eigenvalue weighted by atomic mass is 79.9. The van der Waals surface area contributed by atoms with Crippen molar-refractivity contribution in [1.29, 1.82) is 0 Å². The zero-order valence-corrected chi connectivity index (χ0v) is 12.1. The number of halogens is 2. The highest BCUT2D eigenvalue weighted by Gasteiger charge is 2.10. The molecule has 0 fully saturated rings. The molecule has 0 saturated carbocycles. The molecule has 1 atom stereocenters. The lowest BCUT2D eigenvalue weighted by molar-refractivity contribution is 0.503. The third kappa shape index (κ3) is 3.32. The van der Waals surface area contributed by atoms with Gasteiger partial charge in [0.05, 0.1) is 4.47 Å². The molecule has 2 rings (SSSR count). The predicted molar refractivity (Wildman–Crippen MR) is 74.6 cm³/mol. The molecule has 1 N–H and O–H groups in total. The number of allylic oxidation sites excluding steroid dienone is 2. The largest absolute Gasteiger partial charge is 0.369 e. The molecule has 0 bridgehead atoms. The maximum Gasteiger partial charge on any atom is 0.140 e. The lowest BCUT2D eigenvalue weighted by Gasteiger charge is -2.18. The van der Waals surface area contributed by atoms with E-state index in [-0.39, 0.29) is 0 Å². The Kier molecular flexibility index (Phi) is 4.41. The summed E-state index contributed by atoms with van der Waals surface area (Å²) in [5, 5.41) is 3.40. The van der Waals surface area contributed by atoms with E-state index in [0.29, 0.717) is 0 Å². The van der Waals surface area contributed by atoms with E-state index in [1.54, 1.807) is 0 Å². The molecule has 1 unspecified atom stereocenters. The molecule has 2 nitrogen and oxygen atoms in total. The normalized spacial score (nSPS) is 19.8. The van der Waals surface area contributed by atoms with Gasteiger partial charge in [-0.25, -0.2) is 4.98 Å². The number of hydrogen-bond acceptors (Lipinski definition) is 2. The van der Waals surface area contributed by atoms with Crippen LogP contribution in [0.1, 0.15) is 19.3 Å². The summed E-state index contributed by atoms with van der Waals surface area (Å²) in [5.74, 6) is 1.67.